The van der Waals surface area contributed by atoms with Crippen LogP contribution in [0.25, 0.3) is 5.82 Å². The summed E-state index contributed by atoms with van der Waals surface area (Å²) in [6.07, 6.45) is 3.16. The molecule has 2 rings (SSSR count). The lowest BCUT2D eigenvalue weighted by molar-refractivity contribution is 0.899. The molecule has 2 aromatic heterocycles. The first kappa shape index (κ1) is 8.66. The van der Waals surface area contributed by atoms with Crippen LogP contribution < -0.4 is 0 Å². The molecule has 0 saturated carbocycles. The molecule has 0 aliphatic rings. The third-order valence-corrected chi connectivity index (χ3v) is 1.81. The Morgan fingerprint density at radius 3 is 2.86 bits per heavy atom. The number of nitrogens with zero attached hydrogens (tertiary/aromatic N) is 5. The van der Waals surface area contributed by atoms with Crippen molar-refractivity contribution >= 4 is 11.6 Å². The van der Waals surface area contributed by atoms with Gasteiger partial charge in [-0.25, -0.2) is 4.98 Å². The van der Waals surface area contributed by atoms with Gasteiger partial charge in [0, 0.05) is 12.4 Å². The van der Waals surface area contributed by atoms with Crippen molar-refractivity contribution in [1.82, 2.24) is 19.7 Å². The number of nitriles is 1. The van der Waals surface area contributed by atoms with E-state index in [4.69, 9.17) is 16.9 Å². The van der Waals surface area contributed by atoms with Crippen LogP contribution in [0, 0.1) is 11.3 Å². The first-order valence-electron chi connectivity index (χ1n) is 3.74. The molecule has 0 atom stereocenters. The van der Waals surface area contributed by atoms with Crippen LogP contribution in [0.2, 0.25) is 5.15 Å². The Morgan fingerprint density at radius 2 is 2.21 bits per heavy atom. The monoisotopic (exact) mass is 205 g/mol. The molecular weight excluding hydrogens is 202 g/mol. The molecule has 0 spiro atoms. The summed E-state index contributed by atoms with van der Waals surface area (Å²) < 4.78 is 1.53. The molecule has 14 heavy (non-hydrogen) atoms. The normalized spacial score (nSPS) is 9.71. The zero-order valence-corrected chi connectivity index (χ0v) is 7.68. The van der Waals surface area contributed by atoms with E-state index in [0.29, 0.717) is 11.0 Å². The Morgan fingerprint density at radius 1 is 1.36 bits per heavy atom. The van der Waals surface area contributed by atoms with Gasteiger partial charge in [0.25, 0.3) is 0 Å². The van der Waals surface area contributed by atoms with Gasteiger partial charge in [-0.15, -0.1) is 10.2 Å². The highest BCUT2D eigenvalue weighted by Crippen LogP contribution is 2.08. The quantitative estimate of drug-likeness (QED) is 0.701. The molecule has 0 N–H and O–H groups in total. The lowest BCUT2D eigenvalue weighted by Gasteiger charge is -1.99. The molecule has 0 amide bonds. The van der Waals surface area contributed by atoms with E-state index in [-0.39, 0.29) is 5.82 Å². The molecule has 6 heteroatoms. The van der Waals surface area contributed by atoms with Crippen LogP contribution in [0.15, 0.2) is 24.5 Å². The summed E-state index contributed by atoms with van der Waals surface area (Å²) in [6, 6.07) is 5.21. The van der Waals surface area contributed by atoms with Crippen molar-refractivity contribution in [2.24, 2.45) is 0 Å². The molecule has 0 unspecified atom stereocenters. The minimum atomic E-state index is 0.265. The van der Waals surface area contributed by atoms with E-state index < -0.39 is 0 Å². The Hall–Kier alpha value is -1.93. The molecule has 0 saturated heterocycles. The van der Waals surface area contributed by atoms with Crippen LogP contribution in [0.3, 0.4) is 0 Å². The van der Waals surface area contributed by atoms with Gasteiger partial charge in [0.1, 0.15) is 6.07 Å². The fourth-order valence-corrected chi connectivity index (χ4v) is 1.11. The van der Waals surface area contributed by atoms with Gasteiger partial charge in [0.15, 0.2) is 11.0 Å². The standard InChI is InChI=1S/C8H4ClN5/c9-6-1-2-7(13-12-6)14-4-3-11-8(14)5-10/h1-4H. The van der Waals surface area contributed by atoms with E-state index in [2.05, 4.69) is 15.2 Å². The van der Waals surface area contributed by atoms with E-state index >= 15 is 0 Å². The fraction of sp³-hybridized carbons (Fsp3) is 0. The molecule has 0 fully saturated rings. The molecular formula is C8H4ClN5. The number of hydrogen-bond acceptors (Lipinski definition) is 4. The number of aromatic nitrogens is 4. The van der Waals surface area contributed by atoms with Crippen molar-refractivity contribution in [1.29, 1.82) is 5.26 Å². The van der Waals surface area contributed by atoms with Gasteiger partial charge >= 0.3 is 0 Å². The van der Waals surface area contributed by atoms with Crippen LogP contribution >= 0.6 is 11.6 Å². The van der Waals surface area contributed by atoms with Crippen molar-refractivity contribution in [3.05, 3.63) is 35.5 Å². The maximum atomic E-state index is 8.72. The lowest BCUT2D eigenvalue weighted by Crippen LogP contribution is -2.00. The van der Waals surface area contributed by atoms with Crippen molar-refractivity contribution < 1.29 is 0 Å². The summed E-state index contributed by atoms with van der Waals surface area (Å²) in [7, 11) is 0. The molecule has 2 heterocycles. The fourth-order valence-electron chi connectivity index (χ4n) is 1.01. The van der Waals surface area contributed by atoms with Crippen LogP contribution in [0.5, 0.6) is 0 Å². The Labute approximate surface area is 84.6 Å². The van der Waals surface area contributed by atoms with Gasteiger partial charge in [-0.2, -0.15) is 5.26 Å². The summed E-state index contributed by atoms with van der Waals surface area (Å²) in [5.41, 5.74) is 0. The van der Waals surface area contributed by atoms with Crippen molar-refractivity contribution in [2.45, 2.75) is 0 Å². The Balaban J connectivity index is 2.50. The summed E-state index contributed by atoms with van der Waals surface area (Å²) in [4.78, 5) is 3.83. The van der Waals surface area contributed by atoms with Gasteiger partial charge in [-0.1, -0.05) is 11.6 Å². The topological polar surface area (TPSA) is 67.4 Å². The highest BCUT2D eigenvalue weighted by atomic mass is 35.5. The Kier molecular flexibility index (Phi) is 2.13. The first-order valence-corrected chi connectivity index (χ1v) is 4.12. The number of hydrogen-bond donors (Lipinski definition) is 0. The highest BCUT2D eigenvalue weighted by Gasteiger charge is 2.04. The molecule has 2 aromatic rings. The third-order valence-electron chi connectivity index (χ3n) is 1.61. The van der Waals surface area contributed by atoms with Gasteiger partial charge in [-0.3, -0.25) is 4.57 Å². The summed E-state index contributed by atoms with van der Waals surface area (Å²) in [6.45, 7) is 0. The summed E-state index contributed by atoms with van der Waals surface area (Å²) >= 11 is 5.58. The second-order valence-corrected chi connectivity index (χ2v) is 2.83. The van der Waals surface area contributed by atoms with Crippen LogP contribution in [-0.4, -0.2) is 19.7 Å². The number of imidazole rings is 1. The minimum absolute atomic E-state index is 0.265. The van der Waals surface area contributed by atoms with E-state index in [1.54, 1.807) is 18.3 Å². The average Bonchev–Trinajstić information content (AvgIpc) is 2.67. The van der Waals surface area contributed by atoms with Crippen LogP contribution in [0.4, 0.5) is 0 Å². The molecule has 0 aromatic carbocycles. The summed E-state index contributed by atoms with van der Waals surface area (Å²) in [5, 5.41) is 16.5. The predicted molar refractivity (Wildman–Crippen MR) is 48.9 cm³/mol. The maximum Gasteiger partial charge on any atom is 0.218 e. The average molecular weight is 206 g/mol. The second-order valence-electron chi connectivity index (χ2n) is 2.45. The van der Waals surface area contributed by atoms with E-state index in [1.807, 2.05) is 6.07 Å². The Bertz CT molecular complexity index is 481. The van der Waals surface area contributed by atoms with E-state index in [1.165, 1.54) is 10.8 Å². The lowest BCUT2D eigenvalue weighted by atomic mass is 10.5. The number of halogens is 1. The molecule has 5 nitrogen and oxygen atoms in total. The second kappa shape index (κ2) is 3.44. The van der Waals surface area contributed by atoms with E-state index in [0.717, 1.165) is 0 Å². The smallest absolute Gasteiger partial charge is 0.218 e. The maximum absolute atomic E-state index is 8.72. The molecule has 0 radical (unpaired) electrons. The zero-order chi connectivity index (χ0) is 9.97. The van der Waals surface area contributed by atoms with Crippen LogP contribution in [0.1, 0.15) is 5.82 Å². The van der Waals surface area contributed by atoms with Crippen molar-refractivity contribution in [3.63, 3.8) is 0 Å². The molecule has 0 aliphatic carbocycles. The van der Waals surface area contributed by atoms with Gasteiger partial charge < -0.3 is 0 Å². The van der Waals surface area contributed by atoms with E-state index in [9.17, 15) is 0 Å². The van der Waals surface area contributed by atoms with Crippen molar-refractivity contribution in [2.75, 3.05) is 0 Å². The van der Waals surface area contributed by atoms with Gasteiger partial charge in [0.05, 0.1) is 0 Å². The third kappa shape index (κ3) is 1.43. The van der Waals surface area contributed by atoms with Crippen molar-refractivity contribution in [3.8, 4) is 11.9 Å². The highest BCUT2D eigenvalue weighted by molar-refractivity contribution is 6.29. The molecule has 0 aliphatic heterocycles. The predicted octanol–water partition coefficient (Wildman–Crippen LogP) is 1.19. The largest absolute Gasteiger partial charge is 0.274 e. The molecule has 68 valence electrons. The SMILES string of the molecule is N#Cc1nccn1-c1ccc(Cl)nn1. The minimum Gasteiger partial charge on any atom is -0.274 e. The van der Waals surface area contributed by atoms with Crippen LogP contribution in [-0.2, 0) is 0 Å². The zero-order valence-electron chi connectivity index (χ0n) is 6.92. The van der Waals surface area contributed by atoms with Gasteiger partial charge in [0.2, 0.25) is 5.82 Å². The summed E-state index contributed by atoms with van der Waals surface area (Å²) in [5.74, 6) is 0.782. The first-order chi connectivity index (χ1) is 6.81. The molecule has 0 bridgehead atoms. The number of rotatable bonds is 1. The van der Waals surface area contributed by atoms with Gasteiger partial charge in [-0.05, 0) is 12.1 Å².